The van der Waals surface area contributed by atoms with Crippen molar-refractivity contribution in [2.45, 2.75) is 18.9 Å². The number of ether oxygens (including phenoxy) is 1. The summed E-state index contributed by atoms with van der Waals surface area (Å²) in [6.07, 6.45) is 2.04. The smallest absolute Gasteiger partial charge is 0.253 e. The van der Waals surface area contributed by atoms with Crippen LogP contribution in [0.3, 0.4) is 0 Å². The molecular weight excluding hydrogens is 396 g/mol. The van der Waals surface area contributed by atoms with Crippen LogP contribution in [0.15, 0.2) is 48.5 Å². The molecule has 2 saturated heterocycles. The molecule has 2 aliphatic heterocycles. The molecule has 0 aliphatic carbocycles. The largest absolute Gasteiger partial charge is 0.378 e. The molecule has 1 amide bonds. The van der Waals surface area contributed by atoms with E-state index in [1.807, 2.05) is 30.3 Å². The highest BCUT2D eigenvalue weighted by Crippen LogP contribution is 2.30. The maximum atomic E-state index is 13.2. The number of amides is 1. The zero-order valence-corrected chi connectivity index (χ0v) is 17.7. The van der Waals surface area contributed by atoms with Crippen molar-refractivity contribution in [2.75, 3.05) is 49.2 Å². The van der Waals surface area contributed by atoms with Gasteiger partial charge in [0.2, 0.25) is 0 Å². The monoisotopic (exact) mass is 422 g/mol. The fourth-order valence-corrected chi connectivity index (χ4v) is 5.27. The molecule has 30 heavy (non-hydrogen) atoms. The van der Waals surface area contributed by atoms with E-state index in [2.05, 4.69) is 33.3 Å². The topological polar surface area (TPSA) is 57.7 Å². The van der Waals surface area contributed by atoms with Gasteiger partial charge in [0.15, 0.2) is 5.13 Å². The molecule has 2 aliphatic rings. The number of morpholine rings is 1. The van der Waals surface area contributed by atoms with Gasteiger partial charge in [0.05, 0.1) is 29.0 Å². The maximum Gasteiger partial charge on any atom is 0.253 e. The lowest BCUT2D eigenvalue weighted by atomic mass is 10.0. The number of fused-ring (bicyclic) bond motifs is 1. The first kappa shape index (κ1) is 19.3. The van der Waals surface area contributed by atoms with E-state index in [-0.39, 0.29) is 11.9 Å². The summed E-state index contributed by atoms with van der Waals surface area (Å²) in [7, 11) is 0. The molecule has 5 rings (SSSR count). The Morgan fingerprint density at radius 1 is 1.03 bits per heavy atom. The average molecular weight is 423 g/mol. The number of hydrogen-bond donors (Lipinski definition) is 1. The Kier molecular flexibility index (Phi) is 5.55. The van der Waals surface area contributed by atoms with Crippen LogP contribution in [0.1, 0.15) is 23.2 Å². The van der Waals surface area contributed by atoms with Crippen LogP contribution in [0.2, 0.25) is 0 Å². The van der Waals surface area contributed by atoms with Crippen molar-refractivity contribution in [2.24, 2.45) is 0 Å². The highest BCUT2D eigenvalue weighted by Gasteiger charge is 2.25. The summed E-state index contributed by atoms with van der Waals surface area (Å²) in [5, 5.41) is 4.33. The summed E-state index contributed by atoms with van der Waals surface area (Å²) in [4.78, 5) is 22.5. The fourth-order valence-electron chi connectivity index (χ4n) is 4.27. The Bertz CT molecular complexity index is 998. The standard InChI is InChI=1S/C23H26N4O2S/c28-22(18-7-1-3-9-20(18)26-12-14-29-15-13-26)24-17-6-5-11-27(16-17)23-25-19-8-2-4-10-21(19)30-23/h1-4,7-10,17H,5-6,11-16H2,(H,24,28)/t17-/m0/s1. The zero-order valence-electron chi connectivity index (χ0n) is 16.9. The van der Waals surface area contributed by atoms with E-state index in [0.717, 1.165) is 60.9 Å². The lowest BCUT2D eigenvalue weighted by Gasteiger charge is -2.34. The Hall–Kier alpha value is -2.64. The summed E-state index contributed by atoms with van der Waals surface area (Å²) in [5.74, 6) is 0.00763. The van der Waals surface area contributed by atoms with Gasteiger partial charge < -0.3 is 19.9 Å². The third kappa shape index (κ3) is 4.00. The van der Waals surface area contributed by atoms with Gasteiger partial charge in [0.1, 0.15) is 0 Å². The highest BCUT2D eigenvalue weighted by atomic mass is 32.1. The van der Waals surface area contributed by atoms with Gasteiger partial charge in [-0.3, -0.25) is 4.79 Å². The molecule has 0 unspecified atom stereocenters. The van der Waals surface area contributed by atoms with Crippen LogP contribution in [0.5, 0.6) is 0 Å². The zero-order chi connectivity index (χ0) is 20.3. The molecule has 1 atom stereocenters. The molecule has 6 nitrogen and oxygen atoms in total. The summed E-state index contributed by atoms with van der Waals surface area (Å²) in [6, 6.07) is 16.3. The Balaban J connectivity index is 1.29. The molecule has 2 fully saturated rings. The summed E-state index contributed by atoms with van der Waals surface area (Å²) >= 11 is 1.73. The molecule has 1 aromatic heterocycles. The molecular formula is C23H26N4O2S. The van der Waals surface area contributed by atoms with Crippen LogP contribution >= 0.6 is 11.3 Å². The number of rotatable bonds is 4. The van der Waals surface area contributed by atoms with Crippen molar-refractivity contribution < 1.29 is 9.53 Å². The number of carbonyl (C=O) groups excluding carboxylic acids is 1. The number of benzene rings is 2. The minimum atomic E-state index is 0.00763. The van der Waals surface area contributed by atoms with Crippen LogP contribution in [0.25, 0.3) is 10.2 Å². The Morgan fingerprint density at radius 3 is 2.70 bits per heavy atom. The van der Waals surface area contributed by atoms with Gasteiger partial charge in [-0.25, -0.2) is 4.98 Å². The van der Waals surface area contributed by atoms with Crippen molar-refractivity contribution in [3.8, 4) is 0 Å². The predicted molar refractivity (Wildman–Crippen MR) is 122 cm³/mol. The number of piperidine rings is 1. The fraction of sp³-hybridized carbons (Fsp3) is 0.391. The minimum absolute atomic E-state index is 0.00763. The summed E-state index contributed by atoms with van der Waals surface area (Å²) in [5.41, 5.74) is 2.79. The molecule has 0 bridgehead atoms. The number of nitrogens with zero attached hydrogens (tertiary/aromatic N) is 3. The van der Waals surface area contributed by atoms with E-state index in [0.29, 0.717) is 13.2 Å². The second kappa shape index (κ2) is 8.62. The number of nitrogens with one attached hydrogen (secondary N) is 1. The van der Waals surface area contributed by atoms with Crippen LogP contribution < -0.4 is 15.1 Å². The molecule has 2 aromatic carbocycles. The number of hydrogen-bond acceptors (Lipinski definition) is 6. The van der Waals surface area contributed by atoms with Gasteiger partial charge in [0, 0.05) is 37.9 Å². The van der Waals surface area contributed by atoms with Gasteiger partial charge in [-0.2, -0.15) is 0 Å². The number of para-hydroxylation sites is 2. The number of anilines is 2. The normalized spacial score (nSPS) is 19.8. The molecule has 0 spiro atoms. The second-order valence-corrected chi connectivity index (χ2v) is 8.85. The van der Waals surface area contributed by atoms with Crippen LogP contribution in [-0.4, -0.2) is 56.3 Å². The number of carbonyl (C=O) groups is 1. The van der Waals surface area contributed by atoms with E-state index in [1.165, 1.54) is 4.70 Å². The number of thiazole rings is 1. The lowest BCUT2D eigenvalue weighted by Crippen LogP contribution is -2.48. The Morgan fingerprint density at radius 2 is 1.83 bits per heavy atom. The second-order valence-electron chi connectivity index (χ2n) is 7.84. The van der Waals surface area contributed by atoms with Crippen molar-refractivity contribution in [3.05, 3.63) is 54.1 Å². The van der Waals surface area contributed by atoms with Crippen LogP contribution in [0.4, 0.5) is 10.8 Å². The van der Waals surface area contributed by atoms with E-state index >= 15 is 0 Å². The summed E-state index contributed by atoms with van der Waals surface area (Å²) in [6.45, 7) is 4.82. The molecule has 3 aromatic rings. The molecule has 3 heterocycles. The first-order valence-electron chi connectivity index (χ1n) is 10.6. The molecule has 7 heteroatoms. The van der Waals surface area contributed by atoms with E-state index in [4.69, 9.17) is 9.72 Å². The van der Waals surface area contributed by atoms with Crippen LogP contribution in [0, 0.1) is 0 Å². The summed E-state index contributed by atoms with van der Waals surface area (Å²) < 4.78 is 6.67. The SMILES string of the molecule is O=C(N[C@H]1CCCN(c2nc3ccccc3s2)C1)c1ccccc1N1CCOCC1. The Labute approximate surface area is 180 Å². The van der Waals surface area contributed by atoms with Crippen molar-refractivity contribution in [1.82, 2.24) is 10.3 Å². The highest BCUT2D eigenvalue weighted by molar-refractivity contribution is 7.22. The molecule has 0 saturated carbocycles. The molecule has 156 valence electrons. The van der Waals surface area contributed by atoms with Crippen LogP contribution in [-0.2, 0) is 4.74 Å². The van der Waals surface area contributed by atoms with Crippen molar-refractivity contribution >= 4 is 38.3 Å². The third-order valence-corrected chi connectivity index (χ3v) is 6.91. The van der Waals surface area contributed by atoms with Gasteiger partial charge in [-0.1, -0.05) is 35.6 Å². The first-order chi connectivity index (χ1) is 14.8. The lowest BCUT2D eigenvalue weighted by molar-refractivity contribution is 0.0932. The van der Waals surface area contributed by atoms with Crippen molar-refractivity contribution in [3.63, 3.8) is 0 Å². The quantitative estimate of drug-likeness (QED) is 0.697. The van der Waals surface area contributed by atoms with E-state index < -0.39 is 0 Å². The van der Waals surface area contributed by atoms with E-state index in [9.17, 15) is 4.79 Å². The number of aromatic nitrogens is 1. The van der Waals surface area contributed by atoms with Crippen molar-refractivity contribution in [1.29, 1.82) is 0 Å². The third-order valence-electron chi connectivity index (χ3n) is 5.81. The van der Waals surface area contributed by atoms with E-state index in [1.54, 1.807) is 11.3 Å². The average Bonchev–Trinajstić information content (AvgIpc) is 3.24. The first-order valence-corrected chi connectivity index (χ1v) is 11.4. The molecule has 1 N–H and O–H groups in total. The van der Waals surface area contributed by atoms with Gasteiger partial charge >= 0.3 is 0 Å². The maximum absolute atomic E-state index is 13.2. The predicted octanol–water partition coefficient (Wildman–Crippen LogP) is 3.53. The van der Waals surface area contributed by atoms with Gasteiger partial charge in [0.25, 0.3) is 5.91 Å². The van der Waals surface area contributed by atoms with Gasteiger partial charge in [-0.05, 0) is 37.1 Å². The van der Waals surface area contributed by atoms with Gasteiger partial charge in [-0.15, -0.1) is 0 Å². The molecule has 0 radical (unpaired) electrons. The minimum Gasteiger partial charge on any atom is -0.378 e.